The third-order valence-electron chi connectivity index (χ3n) is 6.84. The van der Waals surface area contributed by atoms with Gasteiger partial charge in [0.2, 0.25) is 0 Å². The predicted molar refractivity (Wildman–Crippen MR) is 168 cm³/mol. The van der Waals surface area contributed by atoms with Crippen LogP contribution >= 0.6 is 27.5 Å². The highest BCUT2D eigenvalue weighted by atomic mass is 79.9. The van der Waals surface area contributed by atoms with E-state index in [1.165, 1.54) is 0 Å². The van der Waals surface area contributed by atoms with Crippen LogP contribution in [-0.4, -0.2) is 72.3 Å². The molecule has 0 bridgehead atoms. The number of alkyl carbamates (subject to hydrolysis) is 1. The quantitative estimate of drug-likeness (QED) is 0.120. The first-order valence-corrected chi connectivity index (χ1v) is 14.9. The van der Waals surface area contributed by atoms with E-state index in [2.05, 4.69) is 21.2 Å². The van der Waals surface area contributed by atoms with Gasteiger partial charge in [-0.05, 0) is 62.2 Å². The Labute approximate surface area is 263 Å². The minimum atomic E-state index is -0.709. The lowest BCUT2D eigenvalue weighted by atomic mass is 10.1. The van der Waals surface area contributed by atoms with Crippen molar-refractivity contribution in [3.63, 3.8) is 0 Å². The number of benzene rings is 1. The monoisotopic (exact) mass is 678 g/mol. The van der Waals surface area contributed by atoms with Crippen LogP contribution in [0.25, 0.3) is 16.3 Å². The van der Waals surface area contributed by atoms with Gasteiger partial charge in [-0.25, -0.2) is 14.6 Å². The van der Waals surface area contributed by atoms with Crippen LogP contribution in [0.2, 0.25) is 5.15 Å². The number of anilines is 1. The summed E-state index contributed by atoms with van der Waals surface area (Å²) in [4.78, 5) is 32.0. The average molecular weight is 680 g/mol. The van der Waals surface area contributed by atoms with Crippen LogP contribution in [0.1, 0.15) is 45.4 Å². The summed E-state index contributed by atoms with van der Waals surface area (Å²) in [6, 6.07) is 5.30. The lowest BCUT2D eigenvalue weighted by Gasteiger charge is -2.22. The molecule has 0 spiro atoms. The Morgan fingerprint density at radius 3 is 2.63 bits per heavy atom. The maximum atomic E-state index is 13.0. The summed E-state index contributed by atoms with van der Waals surface area (Å²) in [5.74, 6) is 1.09. The average Bonchev–Trinajstić information content (AvgIpc) is 3.56. The third-order valence-corrected chi connectivity index (χ3v) is 7.90. The van der Waals surface area contributed by atoms with Gasteiger partial charge in [-0.3, -0.25) is 0 Å². The van der Waals surface area contributed by atoms with Gasteiger partial charge < -0.3 is 38.8 Å². The lowest BCUT2D eigenvalue weighted by Crippen LogP contribution is -2.40. The number of nitrogens with one attached hydrogen (secondary N) is 1. The smallest absolute Gasteiger partial charge is 0.407 e. The molecule has 1 amide bonds. The Kier molecular flexibility index (Phi) is 10.0. The highest BCUT2D eigenvalue weighted by molar-refractivity contribution is 9.10. The molecule has 0 aliphatic carbocycles. The number of amides is 1. The van der Waals surface area contributed by atoms with E-state index in [9.17, 15) is 14.7 Å². The third kappa shape index (κ3) is 7.13. The molecule has 3 aromatic rings. The molecule has 11 nitrogen and oxygen atoms in total. The van der Waals surface area contributed by atoms with Crippen LogP contribution in [0.15, 0.2) is 35.1 Å². The molecule has 1 aromatic carbocycles. The van der Waals surface area contributed by atoms with Gasteiger partial charge in [0.05, 0.1) is 49.8 Å². The van der Waals surface area contributed by atoms with Crippen molar-refractivity contribution in [3.8, 4) is 11.5 Å². The van der Waals surface area contributed by atoms with E-state index in [4.69, 9.17) is 35.5 Å². The van der Waals surface area contributed by atoms with Crippen LogP contribution in [0.3, 0.4) is 0 Å². The number of aliphatic hydroxyl groups is 1. The number of carbonyl (C=O) groups is 2. The van der Waals surface area contributed by atoms with E-state index >= 15 is 0 Å². The van der Waals surface area contributed by atoms with Crippen molar-refractivity contribution in [3.05, 3.63) is 51.5 Å². The van der Waals surface area contributed by atoms with E-state index in [1.54, 1.807) is 31.8 Å². The topological polar surface area (TPSA) is 124 Å². The summed E-state index contributed by atoms with van der Waals surface area (Å²) < 4.78 is 24.0. The summed E-state index contributed by atoms with van der Waals surface area (Å²) in [7, 11) is 3.14. The molecule has 43 heavy (non-hydrogen) atoms. The molecule has 1 aliphatic rings. The predicted octanol–water partition coefficient (Wildman–Crippen LogP) is 6.08. The molecule has 1 atom stereocenters. The van der Waals surface area contributed by atoms with E-state index in [0.717, 1.165) is 11.8 Å². The number of hydrogen-bond donors (Lipinski definition) is 2. The van der Waals surface area contributed by atoms with Crippen molar-refractivity contribution < 1.29 is 33.6 Å². The number of hydrogen-bond acceptors (Lipinski definition) is 9. The number of aromatic nitrogens is 2. The molecular weight excluding hydrogens is 644 g/mol. The number of pyridine rings is 1. The summed E-state index contributed by atoms with van der Waals surface area (Å²) >= 11 is 10.6. The summed E-state index contributed by atoms with van der Waals surface area (Å²) in [6.45, 7) is 8.63. The van der Waals surface area contributed by atoms with Gasteiger partial charge in [0.25, 0.3) is 0 Å². The zero-order valence-electron chi connectivity index (χ0n) is 25.0. The Morgan fingerprint density at radius 2 is 2.00 bits per heavy atom. The van der Waals surface area contributed by atoms with Gasteiger partial charge in [0.1, 0.15) is 33.6 Å². The first-order chi connectivity index (χ1) is 20.4. The van der Waals surface area contributed by atoms with E-state index in [-0.39, 0.29) is 29.9 Å². The second-order valence-electron chi connectivity index (χ2n) is 11.0. The maximum Gasteiger partial charge on any atom is 0.407 e. The minimum absolute atomic E-state index is 0.0736. The highest BCUT2D eigenvalue weighted by Gasteiger charge is 2.31. The normalized spacial score (nSPS) is 15.5. The number of methoxy groups -OCH3 is 2. The van der Waals surface area contributed by atoms with Crippen LogP contribution in [0, 0.1) is 0 Å². The number of ether oxygens (including phenoxy) is 4. The first-order valence-electron chi connectivity index (χ1n) is 13.8. The molecule has 2 N–H and O–H groups in total. The molecule has 0 radical (unpaired) electrons. The Balaban J connectivity index is 1.78. The molecule has 3 heterocycles. The number of rotatable bonds is 9. The molecule has 1 fully saturated rings. The van der Waals surface area contributed by atoms with Crippen LogP contribution in [0.5, 0.6) is 11.5 Å². The number of carbonyl (C=O) groups excluding carboxylic acids is 2. The highest BCUT2D eigenvalue weighted by Crippen LogP contribution is 2.42. The summed E-state index contributed by atoms with van der Waals surface area (Å²) in [5.41, 5.74) is 0.458. The molecule has 232 valence electrons. The largest absolute Gasteiger partial charge is 0.515 e. The molecule has 2 aromatic heterocycles. The number of halogens is 2. The Morgan fingerprint density at radius 1 is 1.26 bits per heavy atom. The molecule has 0 saturated carbocycles. The van der Waals surface area contributed by atoms with Gasteiger partial charge in [0.15, 0.2) is 0 Å². The number of fused-ring (bicyclic) bond motifs is 1. The van der Waals surface area contributed by atoms with Crippen molar-refractivity contribution in [1.29, 1.82) is 0 Å². The van der Waals surface area contributed by atoms with Crippen molar-refractivity contribution in [1.82, 2.24) is 14.9 Å². The molecular formula is C30H36BrClN4O7. The van der Waals surface area contributed by atoms with Crippen LogP contribution in [0.4, 0.5) is 10.6 Å². The SMILES string of the molecule is CCOC(=O)/C(=C\O)c1c2c(Cl)nc(N3CCC(NC(=O)OC(C)(C)C)C3)c(Br)c2cn1Cc1ccc(OC)cc1OC. The summed E-state index contributed by atoms with van der Waals surface area (Å²) in [5, 5.41) is 14.4. The molecule has 1 aliphatic heterocycles. The maximum absolute atomic E-state index is 13.0. The van der Waals surface area contributed by atoms with Crippen LogP contribution < -0.4 is 19.7 Å². The zero-order chi connectivity index (χ0) is 31.5. The van der Waals surface area contributed by atoms with Gasteiger partial charge >= 0.3 is 12.1 Å². The van der Waals surface area contributed by atoms with Crippen LogP contribution in [-0.2, 0) is 20.8 Å². The second-order valence-corrected chi connectivity index (χ2v) is 12.1. The molecule has 4 rings (SSSR count). The number of aliphatic hydroxyl groups excluding tert-OH is 1. The van der Waals surface area contributed by atoms with Crippen molar-refractivity contribution in [2.45, 2.75) is 52.3 Å². The fourth-order valence-corrected chi connectivity index (χ4v) is 5.91. The Hall–Kier alpha value is -3.64. The molecule has 1 saturated heterocycles. The summed E-state index contributed by atoms with van der Waals surface area (Å²) in [6.07, 6.45) is 2.77. The van der Waals surface area contributed by atoms with Gasteiger partial charge in [-0.15, -0.1) is 0 Å². The minimum Gasteiger partial charge on any atom is -0.515 e. The fourth-order valence-electron chi connectivity index (χ4n) is 5.00. The van der Waals surface area contributed by atoms with Gasteiger partial charge in [0, 0.05) is 41.7 Å². The van der Waals surface area contributed by atoms with Crippen molar-refractivity contribution >= 4 is 61.8 Å². The lowest BCUT2D eigenvalue weighted by molar-refractivity contribution is -0.136. The Bertz CT molecular complexity index is 1550. The second kappa shape index (κ2) is 13.3. The van der Waals surface area contributed by atoms with Gasteiger partial charge in [-0.1, -0.05) is 11.6 Å². The van der Waals surface area contributed by atoms with E-state index < -0.39 is 17.7 Å². The van der Waals surface area contributed by atoms with Crippen molar-refractivity contribution in [2.75, 3.05) is 38.8 Å². The number of esters is 1. The standard InChI is InChI=1S/C30H36BrClN4O7/c1-7-42-28(38)21(16-37)25-23-20(15-36(25)13-17-8-9-19(40-5)12-22(17)41-6)24(31)27(34-26(23)32)35-11-10-18(14-35)33-29(39)43-30(2,3)4/h8-9,12,15-16,18,37H,7,10-11,13-14H2,1-6H3,(H,33,39)/b21-16-. The van der Waals surface area contributed by atoms with E-state index in [0.29, 0.717) is 57.8 Å². The van der Waals surface area contributed by atoms with Crippen molar-refractivity contribution in [2.24, 2.45) is 0 Å². The zero-order valence-corrected chi connectivity index (χ0v) is 27.3. The fraction of sp³-hybridized carbons (Fsp3) is 0.433. The van der Waals surface area contributed by atoms with Gasteiger partial charge in [-0.2, -0.15) is 0 Å². The number of nitrogens with zero attached hydrogens (tertiary/aromatic N) is 3. The molecule has 13 heteroatoms. The first kappa shape index (κ1) is 32.3. The molecule has 1 unspecified atom stereocenters. The van der Waals surface area contributed by atoms with E-state index in [1.807, 2.05) is 44.0 Å².